The Morgan fingerprint density at radius 2 is 1.28 bits per heavy atom. The first-order chi connectivity index (χ1) is 14.0. The van der Waals surface area contributed by atoms with Gasteiger partial charge in [-0.2, -0.15) is 0 Å². The van der Waals surface area contributed by atoms with Gasteiger partial charge < -0.3 is 4.98 Å². The molecule has 0 saturated heterocycles. The van der Waals surface area contributed by atoms with Crippen LogP contribution in [0.2, 0.25) is 0 Å². The van der Waals surface area contributed by atoms with Gasteiger partial charge in [0.1, 0.15) is 0 Å². The number of nitrogens with one attached hydrogen (secondary N) is 1. The van der Waals surface area contributed by atoms with Crippen LogP contribution in [0.1, 0.15) is 34.6 Å². The summed E-state index contributed by atoms with van der Waals surface area (Å²) < 4.78 is 0. The zero-order valence-electron chi connectivity index (χ0n) is 16.4. The van der Waals surface area contributed by atoms with E-state index in [9.17, 15) is 9.59 Å². The first-order valence-electron chi connectivity index (χ1n) is 9.54. The van der Waals surface area contributed by atoms with E-state index in [2.05, 4.69) is 29.2 Å². The van der Waals surface area contributed by atoms with Gasteiger partial charge in [0, 0.05) is 28.2 Å². The van der Waals surface area contributed by atoms with Crippen LogP contribution in [-0.2, 0) is 0 Å². The summed E-state index contributed by atoms with van der Waals surface area (Å²) in [6, 6.07) is 26.1. The maximum absolute atomic E-state index is 11.4. The summed E-state index contributed by atoms with van der Waals surface area (Å²) in [5.74, 6) is 0.215. The fourth-order valence-corrected chi connectivity index (χ4v) is 3.58. The highest BCUT2D eigenvalue weighted by atomic mass is 16.1. The minimum absolute atomic E-state index is 0.104. The Bertz CT molecular complexity index is 1360. The smallest absolute Gasteiger partial charge is 0.161 e. The quantitative estimate of drug-likeness (QED) is 0.279. The number of hydrogen-bond donors (Lipinski definition) is 1. The SMILES string of the molecule is CC(=O)c1c[nH]c2ccccc12.CC(=O)c1ccc2ccc3ccccc3c2c1. The second-order valence-electron chi connectivity index (χ2n) is 7.08. The summed E-state index contributed by atoms with van der Waals surface area (Å²) in [6.45, 7) is 3.18. The number of aromatic amines is 1. The predicted molar refractivity (Wildman–Crippen MR) is 120 cm³/mol. The fraction of sp³-hybridized carbons (Fsp3) is 0.0769. The molecule has 0 saturated carbocycles. The lowest BCUT2D eigenvalue weighted by molar-refractivity contribution is 0.101. The maximum Gasteiger partial charge on any atom is 0.161 e. The van der Waals surface area contributed by atoms with E-state index >= 15 is 0 Å². The van der Waals surface area contributed by atoms with Crippen molar-refractivity contribution in [2.45, 2.75) is 13.8 Å². The van der Waals surface area contributed by atoms with Crippen LogP contribution in [0.25, 0.3) is 32.4 Å². The number of rotatable bonds is 2. The number of carbonyl (C=O) groups is 2. The van der Waals surface area contributed by atoms with Crippen molar-refractivity contribution in [2.75, 3.05) is 0 Å². The van der Waals surface area contributed by atoms with Gasteiger partial charge >= 0.3 is 0 Å². The standard InChI is InChI=1S/C16H12O.C10H9NO/c1-11(17)14-9-8-13-7-6-12-4-2-3-5-15(12)16(13)10-14;1-7(12)9-6-11-10-5-3-2-4-8(9)10/h2-10H,1H3;2-6,11H,1H3. The van der Waals surface area contributed by atoms with E-state index in [0.717, 1.165) is 27.4 Å². The van der Waals surface area contributed by atoms with Crippen LogP contribution in [0.15, 0.2) is 85.1 Å². The molecule has 5 aromatic rings. The van der Waals surface area contributed by atoms with E-state index in [4.69, 9.17) is 0 Å². The number of fused-ring (bicyclic) bond motifs is 4. The topological polar surface area (TPSA) is 49.9 Å². The third kappa shape index (κ3) is 3.67. The molecule has 29 heavy (non-hydrogen) atoms. The van der Waals surface area contributed by atoms with Crippen LogP contribution in [0.5, 0.6) is 0 Å². The summed E-state index contributed by atoms with van der Waals surface area (Å²) in [7, 11) is 0. The molecule has 0 bridgehead atoms. The van der Waals surface area contributed by atoms with E-state index in [1.54, 1.807) is 20.0 Å². The molecule has 0 aliphatic carbocycles. The minimum atomic E-state index is 0.104. The number of aromatic nitrogens is 1. The molecule has 0 spiro atoms. The van der Waals surface area contributed by atoms with Crippen LogP contribution >= 0.6 is 0 Å². The van der Waals surface area contributed by atoms with Gasteiger partial charge in [0.05, 0.1) is 0 Å². The van der Waals surface area contributed by atoms with Gasteiger partial charge in [-0.05, 0) is 47.5 Å². The maximum atomic E-state index is 11.4. The second kappa shape index (κ2) is 7.72. The Labute approximate surface area is 169 Å². The highest BCUT2D eigenvalue weighted by Gasteiger charge is 2.05. The van der Waals surface area contributed by atoms with Crippen molar-refractivity contribution in [1.82, 2.24) is 4.98 Å². The Hall–Kier alpha value is -3.72. The molecule has 0 aliphatic rings. The van der Waals surface area contributed by atoms with Gasteiger partial charge in [-0.1, -0.05) is 66.7 Å². The highest BCUT2D eigenvalue weighted by Crippen LogP contribution is 2.26. The van der Waals surface area contributed by atoms with Gasteiger partial charge in [0.2, 0.25) is 0 Å². The first kappa shape index (κ1) is 18.6. The van der Waals surface area contributed by atoms with Crippen molar-refractivity contribution in [3.63, 3.8) is 0 Å². The van der Waals surface area contributed by atoms with E-state index in [1.165, 1.54) is 16.2 Å². The second-order valence-corrected chi connectivity index (χ2v) is 7.08. The Morgan fingerprint density at radius 1 is 0.655 bits per heavy atom. The lowest BCUT2D eigenvalue weighted by atomic mass is 9.99. The molecule has 1 N–H and O–H groups in total. The van der Waals surface area contributed by atoms with Crippen LogP contribution in [0, 0.1) is 0 Å². The molecule has 0 unspecified atom stereocenters. The van der Waals surface area contributed by atoms with Gasteiger partial charge in [-0.15, -0.1) is 0 Å². The first-order valence-corrected chi connectivity index (χ1v) is 9.54. The largest absolute Gasteiger partial charge is 0.360 e. The van der Waals surface area contributed by atoms with Crippen molar-refractivity contribution in [1.29, 1.82) is 0 Å². The molecule has 5 rings (SSSR count). The van der Waals surface area contributed by atoms with Crippen molar-refractivity contribution < 1.29 is 9.59 Å². The number of Topliss-reactive ketones (excluding diaryl/α,β-unsaturated/α-hetero) is 2. The third-order valence-corrected chi connectivity index (χ3v) is 5.12. The average Bonchev–Trinajstić information content (AvgIpc) is 3.18. The Morgan fingerprint density at radius 3 is 2.00 bits per heavy atom. The average molecular weight is 379 g/mol. The molecular formula is C26H21NO2. The molecule has 0 aliphatic heterocycles. The minimum Gasteiger partial charge on any atom is -0.360 e. The summed E-state index contributed by atoms with van der Waals surface area (Å²) in [5.41, 5.74) is 2.56. The fourth-order valence-electron chi connectivity index (χ4n) is 3.58. The van der Waals surface area contributed by atoms with Crippen molar-refractivity contribution in [2.24, 2.45) is 0 Å². The van der Waals surface area contributed by atoms with Gasteiger partial charge in [-0.25, -0.2) is 0 Å². The molecular weight excluding hydrogens is 358 g/mol. The van der Waals surface area contributed by atoms with Gasteiger partial charge in [0.25, 0.3) is 0 Å². The highest BCUT2D eigenvalue weighted by molar-refractivity contribution is 6.10. The van der Waals surface area contributed by atoms with E-state index in [1.807, 2.05) is 54.6 Å². The predicted octanol–water partition coefficient (Wildman–Crippen LogP) is 6.57. The van der Waals surface area contributed by atoms with E-state index in [0.29, 0.717) is 0 Å². The van der Waals surface area contributed by atoms with Crippen LogP contribution in [0.4, 0.5) is 0 Å². The molecule has 1 aromatic heterocycles. The summed E-state index contributed by atoms with van der Waals surface area (Å²) in [4.78, 5) is 25.6. The zero-order chi connectivity index (χ0) is 20.4. The Kier molecular flexibility index (Phi) is 4.96. The molecule has 0 atom stereocenters. The van der Waals surface area contributed by atoms with Gasteiger partial charge in [0.15, 0.2) is 11.6 Å². The molecule has 0 radical (unpaired) electrons. The number of hydrogen-bond acceptors (Lipinski definition) is 2. The molecule has 142 valence electrons. The molecule has 3 heteroatoms. The van der Waals surface area contributed by atoms with Gasteiger partial charge in [-0.3, -0.25) is 9.59 Å². The van der Waals surface area contributed by atoms with Crippen LogP contribution in [0.3, 0.4) is 0 Å². The molecule has 3 nitrogen and oxygen atoms in total. The summed E-state index contributed by atoms with van der Waals surface area (Å²) >= 11 is 0. The monoisotopic (exact) mass is 379 g/mol. The number of ketones is 2. The molecule has 4 aromatic carbocycles. The van der Waals surface area contributed by atoms with Crippen molar-refractivity contribution in [3.05, 3.63) is 96.2 Å². The lowest BCUT2D eigenvalue weighted by Crippen LogP contribution is -1.91. The number of para-hydroxylation sites is 1. The molecule has 0 amide bonds. The van der Waals surface area contributed by atoms with E-state index in [-0.39, 0.29) is 11.6 Å². The molecule has 0 fully saturated rings. The lowest BCUT2D eigenvalue weighted by Gasteiger charge is -2.05. The Balaban J connectivity index is 0.000000150. The summed E-state index contributed by atoms with van der Waals surface area (Å²) in [5, 5.41) is 5.74. The zero-order valence-corrected chi connectivity index (χ0v) is 16.4. The van der Waals surface area contributed by atoms with E-state index < -0.39 is 0 Å². The van der Waals surface area contributed by atoms with Crippen LogP contribution in [-0.4, -0.2) is 16.6 Å². The van der Waals surface area contributed by atoms with Crippen LogP contribution < -0.4 is 0 Å². The number of benzene rings is 4. The normalized spacial score (nSPS) is 10.7. The van der Waals surface area contributed by atoms with Crippen molar-refractivity contribution in [3.8, 4) is 0 Å². The molecule has 1 heterocycles. The van der Waals surface area contributed by atoms with Crippen molar-refractivity contribution >= 4 is 44.0 Å². The summed E-state index contributed by atoms with van der Waals surface area (Å²) in [6.07, 6.45) is 1.76. The third-order valence-electron chi connectivity index (χ3n) is 5.12. The number of H-pyrrole nitrogens is 1. The number of carbonyl (C=O) groups excluding carboxylic acids is 2.